The number of carbonyl (C=O) groups is 1. The quantitative estimate of drug-likeness (QED) is 0.692. The van der Waals surface area contributed by atoms with Crippen molar-refractivity contribution in [1.82, 2.24) is 20.2 Å². The minimum Gasteiger partial charge on any atom is -0.363 e. The zero-order valence-corrected chi connectivity index (χ0v) is 7.14. The molecule has 14 heavy (non-hydrogen) atoms. The minimum absolute atomic E-state index is 0.0330. The van der Waals surface area contributed by atoms with Gasteiger partial charge in [0.25, 0.3) is 5.91 Å². The zero-order valence-electron chi connectivity index (χ0n) is 7.14. The molecule has 6 nitrogen and oxygen atoms in total. The molecule has 0 aliphatic heterocycles. The van der Waals surface area contributed by atoms with Crippen molar-refractivity contribution in [1.29, 1.82) is 0 Å². The highest BCUT2D eigenvalue weighted by molar-refractivity contribution is 5.89. The number of aromatic nitrogens is 4. The van der Waals surface area contributed by atoms with E-state index in [1.165, 1.54) is 0 Å². The van der Waals surface area contributed by atoms with Gasteiger partial charge in [-0.2, -0.15) is 5.10 Å². The number of H-pyrrole nitrogens is 1. The summed E-state index contributed by atoms with van der Waals surface area (Å²) in [6.45, 7) is 0. The van der Waals surface area contributed by atoms with Crippen molar-refractivity contribution in [2.45, 2.75) is 0 Å². The molecule has 0 atom stereocenters. The SMILES string of the molecule is NC(=O)c1nc(-c2ccccn2)n[nH]1. The Labute approximate surface area is 79.2 Å². The summed E-state index contributed by atoms with van der Waals surface area (Å²) in [5.41, 5.74) is 5.61. The van der Waals surface area contributed by atoms with Crippen molar-refractivity contribution in [3.8, 4) is 11.5 Å². The Hall–Kier alpha value is -2.24. The molecule has 0 aromatic carbocycles. The fourth-order valence-electron chi connectivity index (χ4n) is 0.982. The Morgan fingerprint density at radius 3 is 2.86 bits per heavy atom. The van der Waals surface area contributed by atoms with Gasteiger partial charge >= 0.3 is 0 Å². The van der Waals surface area contributed by atoms with E-state index in [9.17, 15) is 4.79 Å². The second-order valence-corrected chi connectivity index (χ2v) is 2.59. The van der Waals surface area contributed by atoms with Crippen LogP contribution >= 0.6 is 0 Å². The zero-order chi connectivity index (χ0) is 9.97. The van der Waals surface area contributed by atoms with Crippen LogP contribution in [-0.4, -0.2) is 26.1 Å². The highest BCUT2D eigenvalue weighted by Crippen LogP contribution is 2.09. The maximum absolute atomic E-state index is 10.7. The maximum atomic E-state index is 10.7. The van der Waals surface area contributed by atoms with Gasteiger partial charge < -0.3 is 5.73 Å². The molecule has 0 fully saturated rings. The Kier molecular flexibility index (Phi) is 1.94. The molecule has 3 N–H and O–H groups in total. The minimum atomic E-state index is -0.639. The molecule has 0 saturated carbocycles. The van der Waals surface area contributed by atoms with Gasteiger partial charge in [0, 0.05) is 6.20 Å². The summed E-state index contributed by atoms with van der Waals surface area (Å²) >= 11 is 0. The molecular weight excluding hydrogens is 182 g/mol. The summed E-state index contributed by atoms with van der Waals surface area (Å²) in [6, 6.07) is 5.34. The first kappa shape index (κ1) is 8.36. The predicted octanol–water partition coefficient (Wildman–Crippen LogP) is -0.0344. The number of nitrogens with zero attached hydrogens (tertiary/aromatic N) is 3. The molecule has 0 saturated heterocycles. The Bertz CT molecular complexity index is 450. The lowest BCUT2D eigenvalue weighted by Gasteiger charge is -1.90. The third kappa shape index (κ3) is 1.45. The lowest BCUT2D eigenvalue weighted by molar-refractivity contribution is 0.0991. The molecule has 2 heterocycles. The average molecular weight is 189 g/mol. The summed E-state index contributed by atoms with van der Waals surface area (Å²) in [7, 11) is 0. The van der Waals surface area contributed by atoms with Gasteiger partial charge in [0.15, 0.2) is 5.82 Å². The third-order valence-corrected chi connectivity index (χ3v) is 1.61. The number of aromatic amines is 1. The molecule has 2 rings (SSSR count). The van der Waals surface area contributed by atoms with Crippen molar-refractivity contribution in [3.05, 3.63) is 30.2 Å². The molecular formula is C8H7N5O. The van der Waals surface area contributed by atoms with Gasteiger partial charge in [-0.1, -0.05) is 6.07 Å². The number of nitrogens with one attached hydrogen (secondary N) is 1. The number of primary amides is 1. The Morgan fingerprint density at radius 1 is 1.43 bits per heavy atom. The van der Waals surface area contributed by atoms with Gasteiger partial charge in [0.1, 0.15) is 5.69 Å². The molecule has 0 unspecified atom stereocenters. The molecule has 0 aliphatic rings. The van der Waals surface area contributed by atoms with Crippen molar-refractivity contribution in [2.24, 2.45) is 5.73 Å². The largest absolute Gasteiger partial charge is 0.363 e. The lowest BCUT2D eigenvalue weighted by Crippen LogP contribution is -2.12. The van der Waals surface area contributed by atoms with Crippen molar-refractivity contribution in [3.63, 3.8) is 0 Å². The maximum Gasteiger partial charge on any atom is 0.286 e. The van der Waals surface area contributed by atoms with Gasteiger partial charge in [-0.3, -0.25) is 14.9 Å². The van der Waals surface area contributed by atoms with E-state index in [0.29, 0.717) is 11.5 Å². The number of hydrogen-bond acceptors (Lipinski definition) is 4. The number of nitrogens with two attached hydrogens (primary N) is 1. The van der Waals surface area contributed by atoms with Crippen LogP contribution in [0.4, 0.5) is 0 Å². The van der Waals surface area contributed by atoms with Crippen LogP contribution in [0.15, 0.2) is 24.4 Å². The number of rotatable bonds is 2. The summed E-state index contributed by atoms with van der Waals surface area (Å²) in [4.78, 5) is 18.6. The fraction of sp³-hybridized carbons (Fsp3) is 0. The normalized spacial score (nSPS) is 10.0. The van der Waals surface area contributed by atoms with Crippen LogP contribution in [0.1, 0.15) is 10.6 Å². The second kappa shape index (κ2) is 3.25. The first-order valence-electron chi connectivity index (χ1n) is 3.91. The number of hydrogen-bond donors (Lipinski definition) is 2. The van der Waals surface area contributed by atoms with Gasteiger partial charge in [-0.05, 0) is 12.1 Å². The molecule has 0 aliphatic carbocycles. The number of pyridine rings is 1. The first-order valence-corrected chi connectivity index (χ1v) is 3.91. The molecule has 70 valence electrons. The van der Waals surface area contributed by atoms with Crippen LogP contribution in [-0.2, 0) is 0 Å². The van der Waals surface area contributed by atoms with Crippen LogP contribution in [0.3, 0.4) is 0 Å². The Balaban J connectivity index is 2.39. The Morgan fingerprint density at radius 2 is 2.29 bits per heavy atom. The topological polar surface area (TPSA) is 97.6 Å². The molecule has 1 amide bonds. The highest BCUT2D eigenvalue weighted by atomic mass is 16.1. The van der Waals surface area contributed by atoms with E-state index >= 15 is 0 Å². The van der Waals surface area contributed by atoms with E-state index in [0.717, 1.165) is 0 Å². The van der Waals surface area contributed by atoms with Crippen LogP contribution in [0, 0.1) is 0 Å². The monoisotopic (exact) mass is 189 g/mol. The van der Waals surface area contributed by atoms with Gasteiger partial charge in [-0.15, -0.1) is 0 Å². The van der Waals surface area contributed by atoms with Crippen LogP contribution in [0.5, 0.6) is 0 Å². The van der Waals surface area contributed by atoms with Crippen LogP contribution in [0.2, 0.25) is 0 Å². The van der Waals surface area contributed by atoms with Crippen molar-refractivity contribution >= 4 is 5.91 Å². The third-order valence-electron chi connectivity index (χ3n) is 1.61. The molecule has 0 spiro atoms. The summed E-state index contributed by atoms with van der Waals surface area (Å²) < 4.78 is 0. The number of carbonyl (C=O) groups excluding carboxylic acids is 1. The first-order chi connectivity index (χ1) is 6.77. The van der Waals surface area contributed by atoms with E-state index in [1.54, 1.807) is 18.3 Å². The van der Waals surface area contributed by atoms with E-state index in [4.69, 9.17) is 5.73 Å². The van der Waals surface area contributed by atoms with E-state index < -0.39 is 5.91 Å². The molecule has 6 heteroatoms. The smallest absolute Gasteiger partial charge is 0.286 e. The molecule has 0 bridgehead atoms. The highest BCUT2D eigenvalue weighted by Gasteiger charge is 2.09. The molecule has 2 aromatic rings. The fourth-order valence-corrected chi connectivity index (χ4v) is 0.982. The van der Waals surface area contributed by atoms with Crippen molar-refractivity contribution < 1.29 is 4.79 Å². The number of amides is 1. The van der Waals surface area contributed by atoms with Gasteiger partial charge in [-0.25, -0.2) is 4.98 Å². The average Bonchev–Trinajstić information content (AvgIpc) is 2.68. The summed E-state index contributed by atoms with van der Waals surface area (Å²) in [5, 5.41) is 6.24. The van der Waals surface area contributed by atoms with Gasteiger partial charge in [0.2, 0.25) is 5.82 Å². The molecule has 2 aromatic heterocycles. The lowest BCUT2D eigenvalue weighted by atomic mass is 10.3. The van der Waals surface area contributed by atoms with Gasteiger partial charge in [0.05, 0.1) is 0 Å². The second-order valence-electron chi connectivity index (χ2n) is 2.59. The van der Waals surface area contributed by atoms with Crippen LogP contribution in [0.25, 0.3) is 11.5 Å². The van der Waals surface area contributed by atoms with Crippen molar-refractivity contribution in [2.75, 3.05) is 0 Å². The molecule has 0 radical (unpaired) electrons. The predicted molar refractivity (Wildman–Crippen MR) is 48.1 cm³/mol. The summed E-state index contributed by atoms with van der Waals surface area (Å²) in [6.07, 6.45) is 1.62. The standard InChI is InChI=1S/C8H7N5O/c9-6(14)8-11-7(12-13-8)5-3-1-2-4-10-5/h1-4H,(H2,9,14)(H,11,12,13). The van der Waals surface area contributed by atoms with E-state index in [-0.39, 0.29) is 5.82 Å². The van der Waals surface area contributed by atoms with E-state index in [1.807, 2.05) is 6.07 Å². The summed E-state index contributed by atoms with van der Waals surface area (Å²) in [5.74, 6) is -0.246. The van der Waals surface area contributed by atoms with Crippen LogP contribution < -0.4 is 5.73 Å². The van der Waals surface area contributed by atoms with E-state index in [2.05, 4.69) is 20.2 Å².